The number of hydrogen-bond donors (Lipinski definition) is 2. The van der Waals surface area contributed by atoms with Crippen molar-refractivity contribution < 1.29 is 8.83 Å². The lowest BCUT2D eigenvalue weighted by Crippen LogP contribution is -2.16. The molecule has 1 atom stereocenters. The molecule has 2 aromatic heterocycles. The summed E-state index contributed by atoms with van der Waals surface area (Å²) in [6, 6.07) is 4.49. The third kappa shape index (κ3) is 3.32. The first kappa shape index (κ1) is 11.7. The van der Waals surface area contributed by atoms with Crippen molar-refractivity contribution in [1.29, 1.82) is 0 Å². The van der Waals surface area contributed by atoms with Crippen molar-refractivity contribution in [1.82, 2.24) is 10.2 Å². The van der Waals surface area contributed by atoms with Crippen LogP contribution in [-0.4, -0.2) is 16.2 Å². The van der Waals surface area contributed by atoms with Crippen LogP contribution in [0.25, 0.3) is 0 Å². The van der Waals surface area contributed by atoms with Crippen LogP contribution in [0, 0.1) is 0 Å². The minimum absolute atomic E-state index is 0.228. The number of anilines is 1. The number of aromatic nitrogens is 2. The molecule has 2 aromatic rings. The van der Waals surface area contributed by atoms with Gasteiger partial charge >= 0.3 is 6.01 Å². The smallest absolute Gasteiger partial charge is 0.315 e. The lowest BCUT2D eigenvalue weighted by molar-refractivity contribution is 0.482. The van der Waals surface area contributed by atoms with E-state index in [1.807, 2.05) is 12.1 Å². The molecule has 2 heterocycles. The number of furan rings is 1. The van der Waals surface area contributed by atoms with E-state index >= 15 is 0 Å². The Morgan fingerprint density at radius 1 is 1.47 bits per heavy atom. The molecule has 3 N–H and O–H groups in total. The molecule has 0 fully saturated rings. The molecule has 0 saturated heterocycles. The molecule has 92 valence electrons. The van der Waals surface area contributed by atoms with Crippen LogP contribution in [0.1, 0.15) is 25.0 Å². The summed E-state index contributed by atoms with van der Waals surface area (Å²) >= 11 is 0. The van der Waals surface area contributed by atoms with Crippen LogP contribution < -0.4 is 11.1 Å². The molecule has 0 aromatic carbocycles. The third-order valence-electron chi connectivity index (χ3n) is 2.42. The van der Waals surface area contributed by atoms with Crippen LogP contribution in [0.4, 0.5) is 6.01 Å². The first-order chi connectivity index (χ1) is 8.28. The van der Waals surface area contributed by atoms with Gasteiger partial charge in [-0.1, -0.05) is 5.10 Å². The highest BCUT2D eigenvalue weighted by Crippen LogP contribution is 2.11. The number of nitrogens with one attached hydrogen (secondary N) is 1. The zero-order valence-corrected chi connectivity index (χ0v) is 9.72. The molecule has 6 nitrogen and oxygen atoms in total. The van der Waals surface area contributed by atoms with Gasteiger partial charge in [-0.2, -0.15) is 0 Å². The van der Waals surface area contributed by atoms with E-state index in [2.05, 4.69) is 22.4 Å². The predicted molar refractivity (Wildman–Crippen MR) is 62.3 cm³/mol. The second-order valence-electron chi connectivity index (χ2n) is 3.87. The molecule has 1 unspecified atom stereocenters. The largest absolute Gasteiger partial charge is 0.469 e. The maximum absolute atomic E-state index is 5.38. The fraction of sp³-hybridized carbons (Fsp3) is 0.455. The summed E-state index contributed by atoms with van der Waals surface area (Å²) in [5.41, 5.74) is 5.38. The van der Waals surface area contributed by atoms with Crippen LogP contribution >= 0.6 is 0 Å². The second kappa shape index (κ2) is 5.49. The van der Waals surface area contributed by atoms with Crippen molar-refractivity contribution >= 4 is 6.01 Å². The van der Waals surface area contributed by atoms with Gasteiger partial charge in [-0.05, 0) is 25.5 Å². The number of nitrogens with zero attached hydrogens (tertiary/aromatic N) is 2. The van der Waals surface area contributed by atoms with Gasteiger partial charge in [0, 0.05) is 12.5 Å². The highest BCUT2D eigenvalue weighted by molar-refractivity contribution is 5.18. The Balaban J connectivity index is 1.78. The highest BCUT2D eigenvalue weighted by Gasteiger charge is 2.09. The zero-order chi connectivity index (χ0) is 12.1. The summed E-state index contributed by atoms with van der Waals surface area (Å²) in [7, 11) is 0. The van der Waals surface area contributed by atoms with Gasteiger partial charge in [-0.15, -0.1) is 5.10 Å². The molecular weight excluding hydrogens is 220 g/mol. The average Bonchev–Trinajstić information content (AvgIpc) is 2.97. The first-order valence-corrected chi connectivity index (χ1v) is 5.59. The fourth-order valence-corrected chi connectivity index (χ4v) is 1.49. The molecule has 0 spiro atoms. The first-order valence-electron chi connectivity index (χ1n) is 5.59. The normalized spacial score (nSPS) is 12.6. The van der Waals surface area contributed by atoms with E-state index in [9.17, 15) is 0 Å². The van der Waals surface area contributed by atoms with Crippen molar-refractivity contribution in [2.75, 3.05) is 5.32 Å². The quantitative estimate of drug-likeness (QED) is 0.791. The molecule has 0 radical (unpaired) electrons. The SMILES string of the molecule is CC(CCc1ccco1)Nc1nnc(CN)o1. The van der Waals surface area contributed by atoms with E-state index in [1.165, 1.54) is 0 Å². The minimum atomic E-state index is 0.228. The average molecular weight is 236 g/mol. The van der Waals surface area contributed by atoms with Gasteiger partial charge in [0.15, 0.2) is 0 Å². The topological polar surface area (TPSA) is 90.1 Å². The molecule has 2 rings (SSSR count). The van der Waals surface area contributed by atoms with Crippen LogP contribution in [0.2, 0.25) is 0 Å². The standard InChI is InChI=1S/C11H16N4O2/c1-8(4-5-9-3-2-6-16-9)13-11-15-14-10(7-12)17-11/h2-3,6,8H,4-5,7,12H2,1H3,(H,13,15). The van der Waals surface area contributed by atoms with E-state index in [0.717, 1.165) is 18.6 Å². The lowest BCUT2D eigenvalue weighted by Gasteiger charge is -2.10. The van der Waals surface area contributed by atoms with Crippen molar-refractivity contribution in [3.63, 3.8) is 0 Å². The van der Waals surface area contributed by atoms with Crippen molar-refractivity contribution in [2.24, 2.45) is 5.73 Å². The zero-order valence-electron chi connectivity index (χ0n) is 9.72. The van der Waals surface area contributed by atoms with Crippen molar-refractivity contribution in [3.05, 3.63) is 30.0 Å². The Labute approximate surface area is 99.2 Å². The van der Waals surface area contributed by atoms with Gasteiger partial charge in [0.2, 0.25) is 5.89 Å². The van der Waals surface area contributed by atoms with Crippen LogP contribution in [-0.2, 0) is 13.0 Å². The Kier molecular flexibility index (Phi) is 3.77. The fourth-order valence-electron chi connectivity index (χ4n) is 1.49. The Morgan fingerprint density at radius 3 is 3.00 bits per heavy atom. The summed E-state index contributed by atoms with van der Waals surface area (Å²) < 4.78 is 10.5. The van der Waals surface area contributed by atoms with Crippen LogP contribution in [0.3, 0.4) is 0 Å². The molecule has 0 aliphatic heterocycles. The molecule has 0 aliphatic rings. The maximum Gasteiger partial charge on any atom is 0.315 e. The predicted octanol–water partition coefficient (Wildman–Crippen LogP) is 1.55. The highest BCUT2D eigenvalue weighted by atomic mass is 16.4. The maximum atomic E-state index is 5.38. The number of nitrogens with two attached hydrogens (primary N) is 1. The number of aryl methyl sites for hydroxylation is 1. The molecule has 0 aliphatic carbocycles. The molecule has 0 saturated carbocycles. The lowest BCUT2D eigenvalue weighted by atomic mass is 10.1. The van der Waals surface area contributed by atoms with Gasteiger partial charge in [0.05, 0.1) is 12.8 Å². The molecule has 0 bridgehead atoms. The van der Waals surface area contributed by atoms with Gasteiger partial charge in [-0.3, -0.25) is 0 Å². The van der Waals surface area contributed by atoms with Gasteiger partial charge < -0.3 is 19.9 Å². The second-order valence-corrected chi connectivity index (χ2v) is 3.87. The molecule has 6 heteroatoms. The Bertz CT molecular complexity index is 438. The number of rotatable bonds is 6. The summed E-state index contributed by atoms with van der Waals surface area (Å²) in [6.07, 6.45) is 3.48. The van der Waals surface area contributed by atoms with Crippen molar-refractivity contribution in [2.45, 2.75) is 32.4 Å². The van der Waals surface area contributed by atoms with Crippen LogP contribution in [0.5, 0.6) is 0 Å². The van der Waals surface area contributed by atoms with E-state index in [4.69, 9.17) is 14.6 Å². The third-order valence-corrected chi connectivity index (χ3v) is 2.42. The molecular formula is C11H16N4O2. The van der Waals surface area contributed by atoms with Gasteiger partial charge in [0.1, 0.15) is 5.76 Å². The van der Waals surface area contributed by atoms with E-state index < -0.39 is 0 Å². The van der Waals surface area contributed by atoms with Crippen molar-refractivity contribution in [3.8, 4) is 0 Å². The van der Waals surface area contributed by atoms with E-state index in [1.54, 1.807) is 6.26 Å². The van der Waals surface area contributed by atoms with Gasteiger partial charge in [-0.25, -0.2) is 0 Å². The monoisotopic (exact) mass is 236 g/mol. The van der Waals surface area contributed by atoms with Crippen LogP contribution in [0.15, 0.2) is 27.2 Å². The Morgan fingerprint density at radius 2 is 2.35 bits per heavy atom. The molecule has 17 heavy (non-hydrogen) atoms. The summed E-state index contributed by atoms with van der Waals surface area (Å²) in [5.74, 6) is 1.41. The minimum Gasteiger partial charge on any atom is -0.469 e. The van der Waals surface area contributed by atoms with E-state index in [0.29, 0.717) is 11.9 Å². The Hall–Kier alpha value is -1.82. The molecule has 0 amide bonds. The van der Waals surface area contributed by atoms with E-state index in [-0.39, 0.29) is 12.6 Å². The van der Waals surface area contributed by atoms with Gasteiger partial charge in [0.25, 0.3) is 0 Å². The summed E-state index contributed by atoms with van der Waals surface area (Å²) in [4.78, 5) is 0. The summed E-state index contributed by atoms with van der Waals surface area (Å²) in [5, 5.41) is 10.7. The number of hydrogen-bond acceptors (Lipinski definition) is 6. The summed E-state index contributed by atoms with van der Waals surface area (Å²) in [6.45, 7) is 2.31.